The molecule has 4 nitrogen and oxygen atoms in total. The lowest BCUT2D eigenvalue weighted by Crippen LogP contribution is -2.41. The van der Waals surface area contributed by atoms with Crippen LogP contribution in [0.5, 0.6) is 0 Å². The van der Waals surface area contributed by atoms with Crippen molar-refractivity contribution in [2.75, 3.05) is 18.0 Å². The lowest BCUT2D eigenvalue weighted by molar-refractivity contribution is 0.288. The van der Waals surface area contributed by atoms with Crippen LogP contribution in [0.4, 0.5) is 5.95 Å². The molecule has 2 fully saturated rings. The number of nitrogens with one attached hydrogen (secondary N) is 1. The van der Waals surface area contributed by atoms with Gasteiger partial charge in [0.2, 0.25) is 5.95 Å². The quantitative estimate of drug-likeness (QED) is 0.840. The maximum atomic E-state index is 5.45. The Balaban J connectivity index is 1.90. The van der Waals surface area contributed by atoms with Gasteiger partial charge in [-0.2, -0.15) is 0 Å². The van der Waals surface area contributed by atoms with E-state index in [1.54, 1.807) is 0 Å². The third-order valence-corrected chi connectivity index (χ3v) is 4.85. The number of aromatic amines is 1. The summed E-state index contributed by atoms with van der Waals surface area (Å²) in [5, 5.41) is 7.53. The zero-order valence-electron chi connectivity index (χ0n) is 12.0. The number of aromatic nitrogens is 3. The summed E-state index contributed by atoms with van der Waals surface area (Å²) >= 11 is 5.45. The number of piperidine rings is 1. The maximum Gasteiger partial charge on any atom is 0.225 e. The Bertz CT molecular complexity index is 496. The van der Waals surface area contributed by atoms with E-state index in [0.717, 1.165) is 23.8 Å². The highest BCUT2D eigenvalue weighted by Crippen LogP contribution is 2.35. The fourth-order valence-electron chi connectivity index (χ4n) is 3.61. The van der Waals surface area contributed by atoms with E-state index in [1.165, 1.54) is 38.5 Å². The molecule has 1 aliphatic heterocycles. The number of hydrogen-bond donors (Lipinski definition) is 1. The highest BCUT2D eigenvalue weighted by atomic mass is 32.1. The van der Waals surface area contributed by atoms with Crippen molar-refractivity contribution in [3.8, 4) is 0 Å². The van der Waals surface area contributed by atoms with Gasteiger partial charge in [0.15, 0.2) is 4.77 Å². The monoisotopic (exact) mass is 280 g/mol. The molecule has 0 amide bonds. The van der Waals surface area contributed by atoms with Crippen LogP contribution in [0.3, 0.4) is 0 Å². The summed E-state index contributed by atoms with van der Waals surface area (Å²) in [7, 11) is 0. The van der Waals surface area contributed by atoms with Gasteiger partial charge < -0.3 is 4.90 Å². The molecule has 1 saturated heterocycles. The molecule has 3 rings (SSSR count). The third kappa shape index (κ3) is 2.57. The van der Waals surface area contributed by atoms with E-state index in [1.807, 2.05) is 0 Å². The van der Waals surface area contributed by atoms with Gasteiger partial charge in [-0.25, -0.2) is 5.10 Å². The van der Waals surface area contributed by atoms with E-state index in [-0.39, 0.29) is 0 Å². The molecule has 2 aliphatic rings. The fraction of sp³-hybridized carbons (Fsp3) is 0.857. The molecule has 1 aliphatic carbocycles. The van der Waals surface area contributed by atoms with Crippen molar-refractivity contribution in [1.82, 2.24) is 14.8 Å². The van der Waals surface area contributed by atoms with Crippen LogP contribution in [0.15, 0.2) is 0 Å². The van der Waals surface area contributed by atoms with E-state index in [4.69, 9.17) is 12.2 Å². The van der Waals surface area contributed by atoms with Gasteiger partial charge in [-0.15, -0.1) is 5.10 Å². The molecule has 0 bridgehead atoms. The first-order valence-corrected chi connectivity index (χ1v) is 7.89. The van der Waals surface area contributed by atoms with E-state index in [0.29, 0.717) is 11.5 Å². The van der Waals surface area contributed by atoms with Crippen LogP contribution >= 0.6 is 12.2 Å². The zero-order chi connectivity index (χ0) is 13.5. The maximum absolute atomic E-state index is 5.45. The molecule has 1 saturated carbocycles. The van der Waals surface area contributed by atoms with Crippen LogP contribution < -0.4 is 4.90 Å². The van der Waals surface area contributed by atoms with Crippen molar-refractivity contribution in [2.24, 2.45) is 5.41 Å². The first kappa shape index (κ1) is 13.2. The van der Waals surface area contributed by atoms with Crippen molar-refractivity contribution < 1.29 is 0 Å². The molecule has 0 unspecified atom stereocenters. The Labute approximate surface area is 120 Å². The van der Waals surface area contributed by atoms with Gasteiger partial charge in [0.05, 0.1) is 0 Å². The Kier molecular flexibility index (Phi) is 3.41. The highest BCUT2D eigenvalue weighted by molar-refractivity contribution is 7.71. The molecule has 0 radical (unpaired) electrons. The molecule has 1 N–H and O–H groups in total. The van der Waals surface area contributed by atoms with E-state index >= 15 is 0 Å². The van der Waals surface area contributed by atoms with Crippen LogP contribution in [0, 0.1) is 10.2 Å². The van der Waals surface area contributed by atoms with Crippen LogP contribution in [0.25, 0.3) is 0 Å². The molecule has 0 aromatic carbocycles. The normalized spacial score (nSPS) is 24.0. The zero-order valence-corrected chi connectivity index (χ0v) is 12.8. The van der Waals surface area contributed by atoms with Gasteiger partial charge in [-0.05, 0) is 43.3 Å². The molecule has 2 heterocycles. The van der Waals surface area contributed by atoms with Gasteiger partial charge in [0.1, 0.15) is 0 Å². The largest absolute Gasteiger partial charge is 0.340 e. The minimum absolute atomic E-state index is 0.381. The second kappa shape index (κ2) is 4.93. The Hall–Kier alpha value is -0.840. The molecule has 1 aromatic rings. The van der Waals surface area contributed by atoms with Crippen molar-refractivity contribution in [3.05, 3.63) is 4.77 Å². The molecule has 5 heteroatoms. The SMILES string of the molecule is CC1(C)CCCN(c2n[nH]c(=S)n2C2CCCC2)C1. The minimum atomic E-state index is 0.381. The summed E-state index contributed by atoms with van der Waals surface area (Å²) in [6, 6.07) is 0.561. The molecule has 0 spiro atoms. The standard InChI is InChI=1S/C14H24N4S/c1-14(2)8-5-9-17(10-14)12-15-16-13(19)18(12)11-6-3-4-7-11/h11H,3-10H2,1-2H3,(H,16,19). The van der Waals surface area contributed by atoms with E-state index < -0.39 is 0 Å². The Morgan fingerprint density at radius 3 is 2.68 bits per heavy atom. The second-order valence-electron chi connectivity index (χ2n) is 6.83. The average Bonchev–Trinajstić information content (AvgIpc) is 2.96. The Morgan fingerprint density at radius 2 is 2.00 bits per heavy atom. The smallest absolute Gasteiger partial charge is 0.225 e. The molecular weight excluding hydrogens is 256 g/mol. The van der Waals surface area contributed by atoms with E-state index in [2.05, 4.69) is 33.5 Å². The summed E-state index contributed by atoms with van der Waals surface area (Å²) in [5.74, 6) is 1.07. The molecule has 1 aromatic heterocycles. The number of H-pyrrole nitrogens is 1. The summed E-state index contributed by atoms with van der Waals surface area (Å²) in [6.45, 7) is 6.88. The van der Waals surface area contributed by atoms with Crippen molar-refractivity contribution in [2.45, 2.75) is 58.4 Å². The van der Waals surface area contributed by atoms with Crippen molar-refractivity contribution >= 4 is 18.2 Å². The predicted octanol–water partition coefficient (Wildman–Crippen LogP) is 3.68. The predicted molar refractivity (Wildman–Crippen MR) is 80.1 cm³/mol. The van der Waals surface area contributed by atoms with Gasteiger partial charge in [0, 0.05) is 19.1 Å². The summed E-state index contributed by atoms with van der Waals surface area (Å²) in [5.41, 5.74) is 0.381. The molecular formula is C14H24N4S. The average molecular weight is 280 g/mol. The van der Waals surface area contributed by atoms with Crippen molar-refractivity contribution in [3.63, 3.8) is 0 Å². The first-order chi connectivity index (χ1) is 9.07. The first-order valence-electron chi connectivity index (χ1n) is 7.49. The van der Waals surface area contributed by atoms with Gasteiger partial charge >= 0.3 is 0 Å². The van der Waals surface area contributed by atoms with Crippen LogP contribution in [0.1, 0.15) is 58.4 Å². The van der Waals surface area contributed by atoms with Crippen LogP contribution in [-0.4, -0.2) is 27.9 Å². The third-order valence-electron chi connectivity index (χ3n) is 4.56. The lowest BCUT2D eigenvalue weighted by Gasteiger charge is -2.38. The minimum Gasteiger partial charge on any atom is -0.340 e. The topological polar surface area (TPSA) is 36.9 Å². The molecule has 106 valence electrons. The fourth-order valence-corrected chi connectivity index (χ4v) is 3.88. The second-order valence-corrected chi connectivity index (χ2v) is 7.21. The number of nitrogens with zero attached hydrogens (tertiary/aromatic N) is 3. The number of rotatable bonds is 2. The molecule has 19 heavy (non-hydrogen) atoms. The lowest BCUT2D eigenvalue weighted by atomic mass is 9.84. The summed E-state index contributed by atoms with van der Waals surface area (Å²) in [6.07, 6.45) is 7.69. The summed E-state index contributed by atoms with van der Waals surface area (Å²) in [4.78, 5) is 2.42. The Morgan fingerprint density at radius 1 is 1.26 bits per heavy atom. The van der Waals surface area contributed by atoms with Gasteiger partial charge in [0.25, 0.3) is 0 Å². The van der Waals surface area contributed by atoms with Crippen LogP contribution in [0.2, 0.25) is 0 Å². The highest BCUT2D eigenvalue weighted by Gasteiger charge is 2.30. The molecule has 0 atom stereocenters. The number of anilines is 1. The van der Waals surface area contributed by atoms with Gasteiger partial charge in [-0.1, -0.05) is 26.7 Å². The summed E-state index contributed by atoms with van der Waals surface area (Å²) < 4.78 is 3.08. The van der Waals surface area contributed by atoms with Crippen molar-refractivity contribution in [1.29, 1.82) is 0 Å². The van der Waals surface area contributed by atoms with Crippen LogP contribution in [-0.2, 0) is 0 Å². The van der Waals surface area contributed by atoms with Gasteiger partial charge in [-0.3, -0.25) is 4.57 Å². The van der Waals surface area contributed by atoms with E-state index in [9.17, 15) is 0 Å². The number of hydrogen-bond acceptors (Lipinski definition) is 3.